The molecule has 0 radical (unpaired) electrons. The Labute approximate surface area is 206 Å². The number of rotatable bonds is 6. The first kappa shape index (κ1) is 23.0. The normalized spacial score (nSPS) is 14.3. The van der Waals surface area contributed by atoms with Gasteiger partial charge < -0.3 is 15.0 Å². The molecule has 1 N–H and O–H groups in total. The predicted octanol–water partition coefficient (Wildman–Crippen LogP) is 5.27. The van der Waals surface area contributed by atoms with Gasteiger partial charge in [-0.3, -0.25) is 9.20 Å². The largest absolute Gasteiger partial charge is 0.495 e. The van der Waals surface area contributed by atoms with Crippen molar-refractivity contribution >= 4 is 17.2 Å². The molecular weight excluding hydrogens is 436 g/mol. The van der Waals surface area contributed by atoms with Crippen molar-refractivity contribution in [3.63, 3.8) is 0 Å². The molecule has 2 aromatic carbocycles. The predicted molar refractivity (Wildman–Crippen MR) is 139 cm³/mol. The highest BCUT2D eigenvalue weighted by molar-refractivity contribution is 5.94. The third-order valence-electron chi connectivity index (χ3n) is 7.01. The number of benzene rings is 2. The maximum atomic E-state index is 13.0. The van der Waals surface area contributed by atoms with Gasteiger partial charge in [-0.2, -0.15) is 0 Å². The molecule has 6 heteroatoms. The molecule has 0 atom stereocenters. The van der Waals surface area contributed by atoms with Crippen LogP contribution in [0.15, 0.2) is 66.9 Å². The highest BCUT2D eigenvalue weighted by Gasteiger charge is 2.21. The van der Waals surface area contributed by atoms with Crippen LogP contribution in [0.2, 0.25) is 0 Å². The van der Waals surface area contributed by atoms with Gasteiger partial charge >= 0.3 is 0 Å². The van der Waals surface area contributed by atoms with Crippen molar-refractivity contribution in [1.29, 1.82) is 0 Å². The number of fused-ring (bicyclic) bond motifs is 1. The minimum Gasteiger partial charge on any atom is -0.495 e. The number of hydrogen-bond donors (Lipinski definition) is 1. The van der Waals surface area contributed by atoms with E-state index in [1.54, 1.807) is 17.7 Å². The highest BCUT2D eigenvalue weighted by atomic mass is 16.5. The number of pyridine rings is 1. The molecule has 5 rings (SSSR count). The second-order valence-corrected chi connectivity index (χ2v) is 9.36. The molecule has 35 heavy (non-hydrogen) atoms. The Morgan fingerprint density at radius 2 is 1.71 bits per heavy atom. The molecule has 1 aliphatic heterocycles. The molecular formula is C29H32N4O2. The minimum atomic E-state index is -0.148. The van der Waals surface area contributed by atoms with Crippen molar-refractivity contribution in [2.24, 2.45) is 0 Å². The van der Waals surface area contributed by atoms with Crippen molar-refractivity contribution in [3.05, 3.63) is 94.9 Å². The van der Waals surface area contributed by atoms with Gasteiger partial charge in [-0.15, -0.1) is 0 Å². The van der Waals surface area contributed by atoms with Crippen molar-refractivity contribution in [2.45, 2.75) is 39.2 Å². The number of methoxy groups -OCH3 is 1. The van der Waals surface area contributed by atoms with E-state index in [1.807, 2.05) is 19.1 Å². The average molecular weight is 469 g/mol. The summed E-state index contributed by atoms with van der Waals surface area (Å²) in [5.41, 5.74) is 7.04. The third-order valence-corrected chi connectivity index (χ3v) is 7.01. The molecule has 3 heterocycles. The fourth-order valence-electron chi connectivity index (χ4n) is 4.94. The Kier molecular flexibility index (Phi) is 6.45. The molecule has 0 unspecified atom stereocenters. The van der Waals surface area contributed by atoms with E-state index >= 15 is 0 Å². The summed E-state index contributed by atoms with van der Waals surface area (Å²) in [6.07, 6.45) is 4.13. The standard InChI is InChI=1S/C29H32N4O2/c1-20-4-8-23(9-5-20)24-14-16-32(17-15-24)25-10-6-22(7-11-25)18-30-29(34)28-21(2)31-27-13-12-26(35-3)19-33(27)28/h4-13,19,24H,14-18H2,1-3H3,(H,30,34). The van der Waals surface area contributed by atoms with Gasteiger partial charge in [-0.25, -0.2) is 4.98 Å². The number of amides is 1. The van der Waals surface area contributed by atoms with Crippen LogP contribution in [0.25, 0.3) is 5.65 Å². The number of aryl methyl sites for hydroxylation is 2. The summed E-state index contributed by atoms with van der Waals surface area (Å²) in [6, 6.07) is 21.2. The zero-order valence-electron chi connectivity index (χ0n) is 20.6. The maximum absolute atomic E-state index is 13.0. The number of hydrogen-bond acceptors (Lipinski definition) is 4. The second-order valence-electron chi connectivity index (χ2n) is 9.36. The van der Waals surface area contributed by atoms with Gasteiger partial charge in [0, 0.05) is 25.3 Å². The number of imidazole rings is 1. The van der Waals surface area contributed by atoms with Gasteiger partial charge in [0.1, 0.15) is 17.1 Å². The van der Waals surface area contributed by atoms with E-state index in [0.717, 1.165) is 24.3 Å². The number of carbonyl (C=O) groups excluding carboxylic acids is 1. The van der Waals surface area contributed by atoms with Gasteiger partial charge in [-0.1, -0.05) is 42.0 Å². The topological polar surface area (TPSA) is 58.9 Å². The van der Waals surface area contributed by atoms with Crippen molar-refractivity contribution in [3.8, 4) is 5.75 Å². The molecule has 1 fully saturated rings. The van der Waals surface area contributed by atoms with Crippen LogP contribution in [0.1, 0.15) is 51.6 Å². The lowest BCUT2D eigenvalue weighted by atomic mass is 9.89. The molecule has 180 valence electrons. The third kappa shape index (κ3) is 4.87. The number of anilines is 1. The van der Waals surface area contributed by atoms with Gasteiger partial charge in [0.05, 0.1) is 19.0 Å². The van der Waals surface area contributed by atoms with Crippen LogP contribution < -0.4 is 15.0 Å². The summed E-state index contributed by atoms with van der Waals surface area (Å²) in [4.78, 5) is 19.9. The van der Waals surface area contributed by atoms with Gasteiger partial charge in [0.15, 0.2) is 0 Å². The average Bonchev–Trinajstić information content (AvgIpc) is 3.23. The Bertz CT molecular complexity index is 1320. The Morgan fingerprint density at radius 1 is 1.00 bits per heavy atom. The monoisotopic (exact) mass is 468 g/mol. The fourth-order valence-corrected chi connectivity index (χ4v) is 4.94. The molecule has 0 bridgehead atoms. The number of nitrogens with one attached hydrogen (secondary N) is 1. The summed E-state index contributed by atoms with van der Waals surface area (Å²) in [5, 5.41) is 3.04. The lowest BCUT2D eigenvalue weighted by Gasteiger charge is -2.34. The number of aromatic nitrogens is 2. The molecule has 0 spiro atoms. The minimum absolute atomic E-state index is 0.148. The lowest BCUT2D eigenvalue weighted by Crippen LogP contribution is -2.32. The van der Waals surface area contributed by atoms with E-state index in [1.165, 1.54) is 29.7 Å². The summed E-state index contributed by atoms with van der Waals surface area (Å²) in [7, 11) is 1.61. The van der Waals surface area contributed by atoms with Crippen LogP contribution in [-0.4, -0.2) is 35.5 Å². The van der Waals surface area contributed by atoms with Crippen molar-refractivity contribution in [2.75, 3.05) is 25.1 Å². The first-order chi connectivity index (χ1) is 17.0. The van der Waals surface area contributed by atoms with E-state index in [2.05, 4.69) is 70.7 Å². The Morgan fingerprint density at radius 3 is 2.40 bits per heavy atom. The highest BCUT2D eigenvalue weighted by Crippen LogP contribution is 2.30. The van der Waals surface area contributed by atoms with Crippen LogP contribution in [0, 0.1) is 13.8 Å². The molecule has 4 aromatic rings. The number of ether oxygens (including phenoxy) is 1. The first-order valence-corrected chi connectivity index (χ1v) is 12.2. The number of nitrogens with zero attached hydrogens (tertiary/aromatic N) is 3. The Hall–Kier alpha value is -3.80. The quantitative estimate of drug-likeness (QED) is 0.419. The summed E-state index contributed by atoms with van der Waals surface area (Å²) < 4.78 is 7.09. The molecule has 0 saturated carbocycles. The van der Waals surface area contributed by atoms with E-state index in [0.29, 0.717) is 29.6 Å². The molecule has 1 amide bonds. The molecule has 0 aliphatic carbocycles. The second kappa shape index (κ2) is 9.82. The summed E-state index contributed by atoms with van der Waals surface area (Å²) in [5.74, 6) is 1.18. The summed E-state index contributed by atoms with van der Waals surface area (Å²) >= 11 is 0. The Balaban J connectivity index is 1.19. The van der Waals surface area contributed by atoms with E-state index in [9.17, 15) is 4.79 Å². The number of carbonyl (C=O) groups is 1. The smallest absolute Gasteiger partial charge is 0.270 e. The van der Waals surface area contributed by atoms with Crippen molar-refractivity contribution in [1.82, 2.24) is 14.7 Å². The summed E-state index contributed by atoms with van der Waals surface area (Å²) in [6.45, 7) is 6.58. The van der Waals surface area contributed by atoms with Crippen LogP contribution in [0.4, 0.5) is 5.69 Å². The van der Waals surface area contributed by atoms with Crippen LogP contribution in [0.3, 0.4) is 0 Å². The molecule has 2 aromatic heterocycles. The lowest BCUT2D eigenvalue weighted by molar-refractivity contribution is 0.0944. The van der Waals surface area contributed by atoms with Gasteiger partial charge in [0.25, 0.3) is 5.91 Å². The molecule has 1 aliphatic rings. The SMILES string of the molecule is COc1ccc2nc(C)c(C(=O)NCc3ccc(N4CCC(c5ccc(C)cc5)CC4)cc3)n2c1. The zero-order chi connectivity index (χ0) is 24.4. The molecule has 6 nitrogen and oxygen atoms in total. The number of piperidine rings is 1. The van der Waals surface area contributed by atoms with Gasteiger partial charge in [0.2, 0.25) is 0 Å². The van der Waals surface area contributed by atoms with Gasteiger partial charge in [-0.05, 0) is 68.0 Å². The van der Waals surface area contributed by atoms with Crippen LogP contribution >= 0.6 is 0 Å². The van der Waals surface area contributed by atoms with Crippen molar-refractivity contribution < 1.29 is 9.53 Å². The van der Waals surface area contributed by atoms with Crippen LogP contribution in [-0.2, 0) is 6.54 Å². The maximum Gasteiger partial charge on any atom is 0.270 e. The first-order valence-electron chi connectivity index (χ1n) is 12.2. The molecule has 1 saturated heterocycles. The van der Waals surface area contributed by atoms with E-state index in [-0.39, 0.29) is 5.91 Å². The van der Waals surface area contributed by atoms with E-state index < -0.39 is 0 Å². The van der Waals surface area contributed by atoms with Crippen LogP contribution in [0.5, 0.6) is 5.75 Å². The van der Waals surface area contributed by atoms with E-state index in [4.69, 9.17) is 4.74 Å². The zero-order valence-corrected chi connectivity index (χ0v) is 20.6. The fraction of sp³-hybridized carbons (Fsp3) is 0.310.